The van der Waals surface area contributed by atoms with Gasteiger partial charge < -0.3 is 10.6 Å². The van der Waals surface area contributed by atoms with E-state index >= 15 is 0 Å². The maximum atomic E-state index is 12.5. The molecule has 1 amide bonds. The average Bonchev–Trinajstić information content (AvgIpc) is 2.47. The average molecular weight is 280 g/mol. The second-order valence-corrected chi connectivity index (χ2v) is 7.16. The van der Waals surface area contributed by atoms with Crippen LogP contribution in [0.4, 0.5) is 0 Å². The number of hydrogen-bond acceptors (Lipinski definition) is 2. The normalized spacial score (nSPS) is 25.4. The van der Waals surface area contributed by atoms with Gasteiger partial charge in [0.25, 0.3) is 0 Å². The highest BCUT2D eigenvalue weighted by molar-refractivity contribution is 5.78. The maximum Gasteiger partial charge on any atom is 0.225 e. The van der Waals surface area contributed by atoms with Gasteiger partial charge in [0.1, 0.15) is 0 Å². The summed E-state index contributed by atoms with van der Waals surface area (Å²) in [4.78, 5) is 14.6. The molecule has 1 saturated carbocycles. The van der Waals surface area contributed by atoms with Gasteiger partial charge in [0.2, 0.25) is 5.91 Å². The zero-order valence-corrected chi connectivity index (χ0v) is 13.3. The van der Waals surface area contributed by atoms with E-state index in [9.17, 15) is 4.79 Å². The monoisotopic (exact) mass is 280 g/mol. The van der Waals surface area contributed by atoms with Crippen LogP contribution in [0.15, 0.2) is 0 Å². The Morgan fingerprint density at radius 1 is 1.10 bits per heavy atom. The van der Waals surface area contributed by atoms with Gasteiger partial charge in [0, 0.05) is 25.0 Å². The van der Waals surface area contributed by atoms with Crippen LogP contribution in [0.2, 0.25) is 0 Å². The third kappa shape index (κ3) is 4.21. The highest BCUT2D eigenvalue weighted by Crippen LogP contribution is 2.30. The number of rotatable bonds is 4. The van der Waals surface area contributed by atoms with E-state index in [1.54, 1.807) is 0 Å². The van der Waals surface area contributed by atoms with Crippen molar-refractivity contribution >= 4 is 5.91 Å². The van der Waals surface area contributed by atoms with Crippen molar-refractivity contribution in [1.82, 2.24) is 4.90 Å². The van der Waals surface area contributed by atoms with Gasteiger partial charge in [-0.3, -0.25) is 4.79 Å². The molecular formula is C17H32N2O. The van der Waals surface area contributed by atoms with Gasteiger partial charge in [-0.1, -0.05) is 39.0 Å². The number of hydrogen-bond donors (Lipinski definition) is 1. The van der Waals surface area contributed by atoms with Crippen LogP contribution < -0.4 is 5.73 Å². The summed E-state index contributed by atoms with van der Waals surface area (Å²) in [7, 11) is 0. The van der Waals surface area contributed by atoms with Crippen LogP contribution in [0.5, 0.6) is 0 Å². The van der Waals surface area contributed by atoms with Gasteiger partial charge >= 0.3 is 0 Å². The fourth-order valence-corrected chi connectivity index (χ4v) is 3.98. The predicted molar refractivity (Wildman–Crippen MR) is 83.3 cm³/mol. The van der Waals surface area contributed by atoms with E-state index in [-0.39, 0.29) is 12.0 Å². The van der Waals surface area contributed by atoms with Crippen LogP contribution in [0.25, 0.3) is 0 Å². The number of piperidine rings is 1. The molecule has 2 aliphatic rings. The summed E-state index contributed by atoms with van der Waals surface area (Å²) in [5, 5.41) is 0. The minimum Gasteiger partial charge on any atom is -0.342 e. The van der Waals surface area contributed by atoms with Crippen LogP contribution in [0.1, 0.15) is 65.2 Å². The summed E-state index contributed by atoms with van der Waals surface area (Å²) in [5.41, 5.74) is 5.97. The molecule has 1 aliphatic carbocycles. The Kier molecular flexibility index (Phi) is 5.88. The Labute approximate surface area is 124 Å². The molecular weight excluding hydrogens is 248 g/mol. The van der Waals surface area contributed by atoms with Crippen LogP contribution in [0, 0.1) is 17.8 Å². The SMILES string of the molecule is CC(CC1CCCCC1)C(=O)N1CCC(C(C)N)CC1. The summed E-state index contributed by atoms with van der Waals surface area (Å²) >= 11 is 0. The lowest BCUT2D eigenvalue weighted by Gasteiger charge is -2.35. The third-order valence-electron chi connectivity index (χ3n) is 5.43. The lowest BCUT2D eigenvalue weighted by molar-refractivity contribution is -0.137. The van der Waals surface area contributed by atoms with Gasteiger partial charge in [0.05, 0.1) is 0 Å². The van der Waals surface area contributed by atoms with E-state index < -0.39 is 0 Å². The van der Waals surface area contributed by atoms with Crippen molar-refractivity contribution in [2.24, 2.45) is 23.5 Å². The minimum absolute atomic E-state index is 0.213. The fraction of sp³-hybridized carbons (Fsp3) is 0.941. The number of amides is 1. The Balaban J connectivity index is 1.76. The third-order valence-corrected chi connectivity index (χ3v) is 5.43. The first-order valence-corrected chi connectivity index (χ1v) is 8.62. The van der Waals surface area contributed by atoms with Crippen LogP contribution >= 0.6 is 0 Å². The highest BCUT2D eigenvalue weighted by atomic mass is 16.2. The Hall–Kier alpha value is -0.570. The molecule has 20 heavy (non-hydrogen) atoms. The minimum atomic E-state index is 0.213. The lowest BCUT2D eigenvalue weighted by atomic mass is 9.82. The molecule has 0 radical (unpaired) electrons. The second-order valence-electron chi connectivity index (χ2n) is 7.16. The number of carbonyl (C=O) groups is 1. The van der Waals surface area contributed by atoms with Crippen molar-refractivity contribution in [3.63, 3.8) is 0 Å². The van der Waals surface area contributed by atoms with Gasteiger partial charge in [0.15, 0.2) is 0 Å². The smallest absolute Gasteiger partial charge is 0.225 e. The molecule has 2 fully saturated rings. The molecule has 0 aromatic heterocycles. The van der Waals surface area contributed by atoms with Gasteiger partial charge in [-0.05, 0) is 38.0 Å². The van der Waals surface area contributed by atoms with Gasteiger partial charge in [-0.2, -0.15) is 0 Å². The first-order chi connectivity index (χ1) is 9.58. The van der Waals surface area contributed by atoms with Crippen molar-refractivity contribution in [2.45, 2.75) is 71.3 Å². The standard InChI is InChI=1S/C17H32N2O/c1-13(12-15-6-4-3-5-7-15)17(20)19-10-8-16(9-11-19)14(2)18/h13-16H,3-12,18H2,1-2H3. The zero-order chi connectivity index (χ0) is 14.5. The summed E-state index contributed by atoms with van der Waals surface area (Å²) < 4.78 is 0. The van der Waals surface area contributed by atoms with E-state index in [1.807, 2.05) is 0 Å². The predicted octanol–water partition coefficient (Wildman–Crippen LogP) is 3.18. The Bertz CT molecular complexity index is 302. The molecule has 3 heteroatoms. The van der Waals surface area contributed by atoms with E-state index in [4.69, 9.17) is 5.73 Å². The molecule has 2 N–H and O–H groups in total. The van der Waals surface area contributed by atoms with Crippen LogP contribution in [-0.4, -0.2) is 29.9 Å². The second kappa shape index (κ2) is 7.44. The molecule has 1 saturated heterocycles. The van der Waals surface area contributed by atoms with E-state index in [0.717, 1.165) is 38.3 Å². The van der Waals surface area contributed by atoms with Gasteiger partial charge in [-0.25, -0.2) is 0 Å². The largest absolute Gasteiger partial charge is 0.342 e. The molecule has 0 aromatic rings. The molecule has 2 rings (SSSR count). The number of likely N-dealkylation sites (tertiary alicyclic amines) is 1. The molecule has 0 bridgehead atoms. The van der Waals surface area contributed by atoms with Crippen molar-refractivity contribution in [1.29, 1.82) is 0 Å². The molecule has 1 aliphatic heterocycles. The number of nitrogens with zero attached hydrogens (tertiary/aromatic N) is 1. The fourth-order valence-electron chi connectivity index (χ4n) is 3.98. The zero-order valence-electron chi connectivity index (χ0n) is 13.3. The molecule has 116 valence electrons. The number of nitrogens with two attached hydrogens (primary N) is 1. The highest BCUT2D eigenvalue weighted by Gasteiger charge is 2.28. The molecule has 3 nitrogen and oxygen atoms in total. The van der Waals surface area contributed by atoms with Gasteiger partial charge in [-0.15, -0.1) is 0 Å². The quantitative estimate of drug-likeness (QED) is 0.859. The van der Waals surface area contributed by atoms with Crippen molar-refractivity contribution in [3.05, 3.63) is 0 Å². The van der Waals surface area contributed by atoms with E-state index in [1.165, 1.54) is 32.1 Å². The van der Waals surface area contributed by atoms with Crippen molar-refractivity contribution in [3.8, 4) is 0 Å². The Morgan fingerprint density at radius 2 is 1.70 bits per heavy atom. The molecule has 2 unspecified atom stereocenters. The van der Waals surface area contributed by atoms with E-state index in [2.05, 4.69) is 18.7 Å². The summed E-state index contributed by atoms with van der Waals surface area (Å²) in [6.07, 6.45) is 10.1. The van der Waals surface area contributed by atoms with Crippen molar-refractivity contribution < 1.29 is 4.79 Å². The Morgan fingerprint density at radius 3 is 2.25 bits per heavy atom. The topological polar surface area (TPSA) is 46.3 Å². The van der Waals surface area contributed by atoms with E-state index in [0.29, 0.717) is 11.8 Å². The molecule has 1 heterocycles. The van der Waals surface area contributed by atoms with Crippen molar-refractivity contribution in [2.75, 3.05) is 13.1 Å². The number of carbonyl (C=O) groups excluding carboxylic acids is 1. The first-order valence-electron chi connectivity index (χ1n) is 8.62. The molecule has 0 aromatic carbocycles. The first kappa shape index (κ1) is 15.8. The summed E-state index contributed by atoms with van der Waals surface area (Å²) in [6, 6.07) is 0.270. The lowest BCUT2D eigenvalue weighted by Crippen LogP contribution is -2.44. The van der Waals surface area contributed by atoms with Crippen LogP contribution in [-0.2, 0) is 4.79 Å². The molecule has 2 atom stereocenters. The molecule has 0 spiro atoms. The summed E-state index contributed by atoms with van der Waals surface area (Å²) in [5.74, 6) is 2.00. The van der Waals surface area contributed by atoms with Crippen LogP contribution in [0.3, 0.4) is 0 Å². The summed E-state index contributed by atoms with van der Waals surface area (Å²) in [6.45, 7) is 6.06. The maximum absolute atomic E-state index is 12.5.